The molecule has 2 aromatic carbocycles. The molecule has 2 heterocycles. The molecule has 3 aromatic rings. The summed E-state index contributed by atoms with van der Waals surface area (Å²) in [4.78, 5) is 16.2. The average molecular weight is 461 g/mol. The number of amides is 1. The van der Waals surface area contributed by atoms with Crippen molar-refractivity contribution < 1.29 is 13.9 Å². The first kappa shape index (κ1) is 19.3. The van der Waals surface area contributed by atoms with Gasteiger partial charge in [0.25, 0.3) is 5.91 Å². The maximum absolute atomic E-state index is 13.8. The topological polar surface area (TPSA) is 76.4 Å². The number of para-hydroxylation sites is 1. The second kappa shape index (κ2) is 8.56. The van der Waals surface area contributed by atoms with Crippen molar-refractivity contribution in [2.24, 2.45) is 0 Å². The van der Waals surface area contributed by atoms with E-state index in [0.717, 1.165) is 5.69 Å². The van der Waals surface area contributed by atoms with E-state index in [1.165, 1.54) is 12.1 Å². The molecule has 1 amide bonds. The number of aromatic nitrogens is 4. The second-order valence-electron chi connectivity index (χ2n) is 6.46. The molecule has 29 heavy (non-hydrogen) atoms. The normalized spacial score (nSPS) is 14.1. The number of benzene rings is 2. The van der Waals surface area contributed by atoms with Crippen molar-refractivity contribution in [2.45, 2.75) is 0 Å². The molecule has 0 spiro atoms. The lowest BCUT2D eigenvalue weighted by Gasteiger charge is -2.34. The summed E-state index contributed by atoms with van der Waals surface area (Å²) in [6, 6.07) is 14.1. The number of halogens is 2. The van der Waals surface area contributed by atoms with Gasteiger partial charge in [0.05, 0.1) is 5.69 Å². The predicted molar refractivity (Wildman–Crippen MR) is 108 cm³/mol. The van der Waals surface area contributed by atoms with Gasteiger partial charge in [-0.25, -0.2) is 4.39 Å². The molecule has 4 rings (SSSR count). The van der Waals surface area contributed by atoms with E-state index >= 15 is 0 Å². The Bertz CT molecular complexity index is 991. The van der Waals surface area contributed by atoms with E-state index in [0.29, 0.717) is 36.6 Å². The first-order valence-corrected chi connectivity index (χ1v) is 9.85. The molecule has 1 fully saturated rings. The van der Waals surface area contributed by atoms with Gasteiger partial charge in [-0.3, -0.25) is 4.79 Å². The van der Waals surface area contributed by atoms with Gasteiger partial charge in [0, 0.05) is 30.7 Å². The van der Waals surface area contributed by atoms with E-state index in [9.17, 15) is 9.18 Å². The third-order valence-electron chi connectivity index (χ3n) is 4.61. The maximum atomic E-state index is 13.8. The zero-order valence-electron chi connectivity index (χ0n) is 15.4. The fourth-order valence-corrected chi connectivity index (χ4v) is 3.43. The number of piperazine rings is 1. The summed E-state index contributed by atoms with van der Waals surface area (Å²) in [5.74, 6) is -0.00179. The van der Waals surface area contributed by atoms with Crippen LogP contribution in [0.5, 0.6) is 5.75 Å². The summed E-state index contributed by atoms with van der Waals surface area (Å²) in [5, 5.41) is 12.0. The Kier molecular flexibility index (Phi) is 5.70. The number of carbonyl (C=O) groups excluding carboxylic acids is 1. The van der Waals surface area contributed by atoms with Crippen molar-refractivity contribution in [3.63, 3.8) is 0 Å². The van der Waals surface area contributed by atoms with Gasteiger partial charge in [0.15, 0.2) is 18.2 Å². The Labute approximate surface area is 175 Å². The monoisotopic (exact) mass is 460 g/mol. The van der Waals surface area contributed by atoms with E-state index < -0.39 is 5.82 Å². The standard InChI is InChI=1S/C19H18BrFN6O2/c20-14-6-7-17(16(21)12-14)29-13-18(28)25-8-10-26(11-9-25)19-22-23-24-27(19)15-4-2-1-3-5-15/h1-7,12H,8-11,13H2. The van der Waals surface area contributed by atoms with E-state index in [2.05, 4.69) is 31.5 Å². The van der Waals surface area contributed by atoms with E-state index in [4.69, 9.17) is 4.74 Å². The molecule has 1 saturated heterocycles. The first-order chi connectivity index (χ1) is 14.1. The number of nitrogens with zero attached hydrogens (tertiary/aromatic N) is 6. The number of rotatable bonds is 5. The lowest BCUT2D eigenvalue weighted by molar-refractivity contribution is -0.133. The fourth-order valence-electron chi connectivity index (χ4n) is 3.09. The highest BCUT2D eigenvalue weighted by Gasteiger charge is 2.25. The molecule has 1 aromatic heterocycles. The molecule has 150 valence electrons. The van der Waals surface area contributed by atoms with Crippen LogP contribution in [0.15, 0.2) is 53.0 Å². The smallest absolute Gasteiger partial charge is 0.260 e. The third-order valence-corrected chi connectivity index (χ3v) is 5.11. The number of hydrogen-bond acceptors (Lipinski definition) is 6. The van der Waals surface area contributed by atoms with Gasteiger partial charge in [-0.15, -0.1) is 0 Å². The van der Waals surface area contributed by atoms with Crippen LogP contribution in [0, 0.1) is 5.82 Å². The van der Waals surface area contributed by atoms with Gasteiger partial charge in [-0.1, -0.05) is 39.2 Å². The Morgan fingerprint density at radius 1 is 1.10 bits per heavy atom. The molecule has 0 saturated carbocycles. The van der Waals surface area contributed by atoms with Gasteiger partial charge in [0.2, 0.25) is 5.95 Å². The van der Waals surface area contributed by atoms with Gasteiger partial charge in [-0.05, 0) is 40.8 Å². The van der Waals surface area contributed by atoms with Crippen LogP contribution in [-0.4, -0.2) is 63.8 Å². The Morgan fingerprint density at radius 2 is 1.86 bits per heavy atom. The summed E-state index contributed by atoms with van der Waals surface area (Å²) in [7, 11) is 0. The minimum Gasteiger partial charge on any atom is -0.481 e. The summed E-state index contributed by atoms with van der Waals surface area (Å²) >= 11 is 3.19. The van der Waals surface area contributed by atoms with Crippen molar-refractivity contribution in [1.82, 2.24) is 25.1 Å². The SMILES string of the molecule is O=C(COc1ccc(Br)cc1F)N1CCN(c2nnnn2-c2ccccc2)CC1. The number of tetrazole rings is 1. The molecule has 0 radical (unpaired) electrons. The number of carbonyl (C=O) groups is 1. The van der Waals surface area contributed by atoms with Crippen molar-refractivity contribution in [3.8, 4) is 11.4 Å². The molecular formula is C19H18BrFN6O2. The van der Waals surface area contributed by atoms with Crippen molar-refractivity contribution in [3.05, 3.63) is 58.8 Å². The molecule has 0 atom stereocenters. The zero-order valence-corrected chi connectivity index (χ0v) is 17.0. The Hall–Kier alpha value is -3.01. The molecule has 8 nitrogen and oxygen atoms in total. The van der Waals surface area contributed by atoms with E-state index in [1.54, 1.807) is 15.6 Å². The third kappa shape index (κ3) is 4.37. The molecular weight excluding hydrogens is 443 g/mol. The first-order valence-electron chi connectivity index (χ1n) is 9.06. The molecule has 1 aliphatic heterocycles. The molecule has 1 aliphatic rings. The van der Waals surface area contributed by atoms with Gasteiger partial charge in [-0.2, -0.15) is 4.68 Å². The predicted octanol–water partition coefficient (Wildman–Crippen LogP) is 2.29. The van der Waals surface area contributed by atoms with Crippen LogP contribution in [0.25, 0.3) is 5.69 Å². The Balaban J connectivity index is 1.34. The highest BCUT2D eigenvalue weighted by molar-refractivity contribution is 9.10. The van der Waals surface area contributed by atoms with Crippen LogP contribution < -0.4 is 9.64 Å². The quantitative estimate of drug-likeness (QED) is 0.581. The summed E-state index contributed by atoms with van der Waals surface area (Å²) in [6.45, 7) is 1.98. The van der Waals surface area contributed by atoms with Crippen LogP contribution in [0.3, 0.4) is 0 Å². The minimum atomic E-state index is -0.509. The van der Waals surface area contributed by atoms with Gasteiger partial charge >= 0.3 is 0 Å². The highest BCUT2D eigenvalue weighted by atomic mass is 79.9. The van der Waals surface area contributed by atoms with Crippen LogP contribution in [0.2, 0.25) is 0 Å². The van der Waals surface area contributed by atoms with E-state index in [1.807, 2.05) is 35.2 Å². The van der Waals surface area contributed by atoms with E-state index in [-0.39, 0.29) is 18.3 Å². The van der Waals surface area contributed by atoms with Crippen molar-refractivity contribution in [1.29, 1.82) is 0 Å². The lowest BCUT2D eigenvalue weighted by Crippen LogP contribution is -2.50. The summed E-state index contributed by atoms with van der Waals surface area (Å²) in [5.41, 5.74) is 0.871. The van der Waals surface area contributed by atoms with Crippen LogP contribution >= 0.6 is 15.9 Å². The van der Waals surface area contributed by atoms with Crippen molar-refractivity contribution >= 4 is 27.8 Å². The molecule has 0 unspecified atom stereocenters. The molecule has 10 heteroatoms. The van der Waals surface area contributed by atoms with Gasteiger partial charge in [0.1, 0.15) is 0 Å². The molecule has 0 aliphatic carbocycles. The van der Waals surface area contributed by atoms with Crippen molar-refractivity contribution in [2.75, 3.05) is 37.7 Å². The fraction of sp³-hybridized carbons (Fsp3) is 0.263. The number of ether oxygens (including phenoxy) is 1. The summed E-state index contributed by atoms with van der Waals surface area (Å²) < 4.78 is 21.5. The van der Waals surface area contributed by atoms with Crippen LogP contribution in [0.4, 0.5) is 10.3 Å². The second-order valence-corrected chi connectivity index (χ2v) is 7.37. The van der Waals surface area contributed by atoms with Crippen LogP contribution in [0.1, 0.15) is 0 Å². The van der Waals surface area contributed by atoms with Crippen LogP contribution in [-0.2, 0) is 4.79 Å². The zero-order chi connectivity index (χ0) is 20.2. The number of anilines is 1. The average Bonchev–Trinajstić information content (AvgIpc) is 3.23. The Morgan fingerprint density at radius 3 is 2.59 bits per heavy atom. The number of hydrogen-bond donors (Lipinski definition) is 0. The highest BCUT2D eigenvalue weighted by Crippen LogP contribution is 2.22. The maximum Gasteiger partial charge on any atom is 0.260 e. The molecule has 0 bridgehead atoms. The summed E-state index contributed by atoms with van der Waals surface area (Å²) in [6.07, 6.45) is 0. The minimum absolute atomic E-state index is 0.0576. The largest absolute Gasteiger partial charge is 0.481 e. The lowest BCUT2D eigenvalue weighted by atomic mass is 10.3. The molecule has 0 N–H and O–H groups in total. The van der Waals surface area contributed by atoms with Gasteiger partial charge < -0.3 is 14.5 Å².